The van der Waals surface area contributed by atoms with Gasteiger partial charge < -0.3 is 25.5 Å². The number of carbonyl (C=O) groups excluding carboxylic acids is 1. The highest BCUT2D eigenvalue weighted by atomic mass is 16.5. The van der Waals surface area contributed by atoms with E-state index in [4.69, 9.17) is 4.74 Å². The molecule has 1 aromatic rings. The van der Waals surface area contributed by atoms with Crippen molar-refractivity contribution in [1.29, 1.82) is 0 Å². The molecular weight excluding hydrogens is 236 g/mol. The number of aliphatic hydroxyl groups is 1. The highest BCUT2D eigenvalue weighted by Crippen LogP contribution is 2.14. The van der Waals surface area contributed by atoms with Crippen LogP contribution in [-0.2, 0) is 16.1 Å². The second kappa shape index (κ2) is 5.94. The predicted molar refractivity (Wildman–Crippen MR) is 63.6 cm³/mol. The number of aliphatic hydroxyl groups excluding tert-OH is 1. The minimum atomic E-state index is -0.625. The number of hydrogen-bond donors (Lipinski definition) is 4. The van der Waals surface area contributed by atoms with Crippen LogP contribution in [0.2, 0.25) is 0 Å². The molecule has 1 fully saturated rings. The van der Waals surface area contributed by atoms with Gasteiger partial charge in [-0.2, -0.15) is 0 Å². The number of H-pyrrole nitrogens is 1. The fourth-order valence-corrected chi connectivity index (χ4v) is 1.91. The van der Waals surface area contributed by atoms with Crippen LogP contribution in [0.5, 0.6) is 0 Å². The maximum absolute atomic E-state index is 10.8. The third-order valence-electron chi connectivity index (χ3n) is 2.94. The second-order valence-corrected chi connectivity index (χ2v) is 4.36. The van der Waals surface area contributed by atoms with Crippen LogP contribution < -0.4 is 10.6 Å². The molecule has 2 rings (SSSR count). The summed E-state index contributed by atoms with van der Waals surface area (Å²) in [6.07, 6.45) is 2.36. The number of ether oxygens (including phenoxy) is 1. The predicted octanol–water partition coefficient (Wildman–Crippen LogP) is -1.24. The van der Waals surface area contributed by atoms with Crippen molar-refractivity contribution in [3.05, 3.63) is 18.2 Å². The zero-order chi connectivity index (χ0) is 13.0. The van der Waals surface area contributed by atoms with Crippen LogP contribution in [0.25, 0.3) is 0 Å². The molecule has 0 unspecified atom stereocenters. The normalized spacial score (nSPS) is 27.3. The van der Waals surface area contributed by atoms with E-state index in [0.29, 0.717) is 19.7 Å². The fraction of sp³-hybridized carbons (Fsp3) is 0.636. The number of aromatic amines is 1. The van der Waals surface area contributed by atoms with Crippen molar-refractivity contribution in [1.82, 2.24) is 20.6 Å². The molecule has 1 aromatic heterocycles. The van der Waals surface area contributed by atoms with Crippen molar-refractivity contribution >= 4 is 5.91 Å². The van der Waals surface area contributed by atoms with Gasteiger partial charge >= 0.3 is 0 Å². The Morgan fingerprint density at radius 3 is 3.22 bits per heavy atom. The summed E-state index contributed by atoms with van der Waals surface area (Å²) in [5.74, 6) is -0.125. The van der Waals surface area contributed by atoms with Crippen LogP contribution in [0.15, 0.2) is 12.5 Å². The van der Waals surface area contributed by atoms with Crippen LogP contribution in [0, 0.1) is 0 Å². The van der Waals surface area contributed by atoms with Gasteiger partial charge in [0.25, 0.3) is 0 Å². The SMILES string of the molecule is CC(=O)NC[C@H]1OC[C@@H](NCc2cnc[nH]2)[C@@H]1O. The lowest BCUT2D eigenvalue weighted by Crippen LogP contribution is -2.44. The summed E-state index contributed by atoms with van der Waals surface area (Å²) in [6, 6.07) is -0.132. The van der Waals surface area contributed by atoms with E-state index in [0.717, 1.165) is 5.69 Å². The van der Waals surface area contributed by atoms with E-state index >= 15 is 0 Å². The largest absolute Gasteiger partial charge is 0.389 e. The average molecular weight is 254 g/mol. The molecule has 1 saturated heterocycles. The molecule has 1 amide bonds. The van der Waals surface area contributed by atoms with E-state index in [2.05, 4.69) is 20.6 Å². The van der Waals surface area contributed by atoms with Crippen LogP contribution in [0.1, 0.15) is 12.6 Å². The molecule has 0 saturated carbocycles. The molecule has 0 radical (unpaired) electrons. The lowest BCUT2D eigenvalue weighted by Gasteiger charge is -2.18. The first kappa shape index (κ1) is 13.0. The number of nitrogens with one attached hydrogen (secondary N) is 3. The van der Waals surface area contributed by atoms with Gasteiger partial charge in [0.05, 0.1) is 25.1 Å². The highest BCUT2D eigenvalue weighted by molar-refractivity contribution is 5.72. The molecular formula is C11H18N4O3. The zero-order valence-corrected chi connectivity index (χ0v) is 10.2. The van der Waals surface area contributed by atoms with Gasteiger partial charge in [0.1, 0.15) is 6.10 Å². The first-order chi connectivity index (χ1) is 8.66. The van der Waals surface area contributed by atoms with Crippen molar-refractivity contribution in [2.24, 2.45) is 0 Å². The third kappa shape index (κ3) is 3.28. The fourth-order valence-electron chi connectivity index (χ4n) is 1.91. The van der Waals surface area contributed by atoms with Crippen LogP contribution >= 0.6 is 0 Å². The Bertz CT molecular complexity index is 382. The summed E-state index contributed by atoms with van der Waals surface area (Å²) in [7, 11) is 0. The van der Waals surface area contributed by atoms with E-state index in [-0.39, 0.29) is 18.1 Å². The van der Waals surface area contributed by atoms with Crippen LogP contribution in [0.3, 0.4) is 0 Å². The molecule has 1 aliphatic rings. The lowest BCUT2D eigenvalue weighted by atomic mass is 10.1. The van der Waals surface area contributed by atoms with Gasteiger partial charge in [-0.3, -0.25) is 4.79 Å². The molecule has 1 aliphatic heterocycles. The minimum Gasteiger partial charge on any atom is -0.389 e. The lowest BCUT2D eigenvalue weighted by molar-refractivity contribution is -0.119. The molecule has 7 nitrogen and oxygen atoms in total. The van der Waals surface area contributed by atoms with Crippen LogP contribution in [-0.4, -0.2) is 52.4 Å². The standard InChI is InChI=1S/C11H18N4O3/c1-7(16)13-4-10-11(17)9(5-18-10)14-3-8-2-12-6-15-8/h2,6,9-11,14,17H,3-5H2,1H3,(H,12,15)(H,13,16)/t9-,10-,11+/m1/s1. The van der Waals surface area contributed by atoms with Gasteiger partial charge in [0.15, 0.2) is 0 Å². The van der Waals surface area contributed by atoms with Gasteiger partial charge in [0, 0.05) is 31.9 Å². The summed E-state index contributed by atoms with van der Waals surface area (Å²) >= 11 is 0. The quantitative estimate of drug-likeness (QED) is 0.527. The van der Waals surface area contributed by atoms with Crippen molar-refractivity contribution in [3.63, 3.8) is 0 Å². The summed E-state index contributed by atoms with van der Waals surface area (Å²) < 4.78 is 5.45. The van der Waals surface area contributed by atoms with E-state index in [1.807, 2.05) is 0 Å². The summed E-state index contributed by atoms with van der Waals surface area (Å²) in [6.45, 7) is 2.80. The number of nitrogens with zero attached hydrogens (tertiary/aromatic N) is 1. The van der Waals surface area contributed by atoms with Gasteiger partial charge in [-0.1, -0.05) is 0 Å². The summed E-state index contributed by atoms with van der Waals surface area (Å²) in [5, 5.41) is 15.9. The van der Waals surface area contributed by atoms with Crippen molar-refractivity contribution in [2.75, 3.05) is 13.2 Å². The third-order valence-corrected chi connectivity index (χ3v) is 2.94. The summed E-state index contributed by atoms with van der Waals surface area (Å²) in [5.41, 5.74) is 0.951. The monoisotopic (exact) mass is 254 g/mol. The topological polar surface area (TPSA) is 99.3 Å². The number of imidazole rings is 1. The zero-order valence-electron chi connectivity index (χ0n) is 10.2. The first-order valence-electron chi connectivity index (χ1n) is 5.91. The molecule has 18 heavy (non-hydrogen) atoms. The van der Waals surface area contributed by atoms with E-state index < -0.39 is 6.10 Å². The number of amides is 1. The maximum atomic E-state index is 10.8. The molecule has 0 bridgehead atoms. The first-order valence-corrected chi connectivity index (χ1v) is 5.91. The van der Waals surface area contributed by atoms with Crippen molar-refractivity contribution in [2.45, 2.75) is 31.7 Å². The Morgan fingerprint density at radius 1 is 1.72 bits per heavy atom. The van der Waals surface area contributed by atoms with Crippen LogP contribution in [0.4, 0.5) is 0 Å². The van der Waals surface area contributed by atoms with Crippen molar-refractivity contribution < 1.29 is 14.6 Å². The van der Waals surface area contributed by atoms with Crippen molar-refractivity contribution in [3.8, 4) is 0 Å². The van der Waals surface area contributed by atoms with Gasteiger partial charge in [-0.15, -0.1) is 0 Å². The van der Waals surface area contributed by atoms with E-state index in [1.54, 1.807) is 12.5 Å². The molecule has 0 spiro atoms. The number of hydrogen-bond acceptors (Lipinski definition) is 5. The summed E-state index contributed by atoms with van der Waals surface area (Å²) in [4.78, 5) is 17.7. The molecule has 4 N–H and O–H groups in total. The van der Waals surface area contributed by atoms with E-state index in [9.17, 15) is 9.90 Å². The second-order valence-electron chi connectivity index (χ2n) is 4.36. The minimum absolute atomic E-state index is 0.125. The Labute approximate surface area is 105 Å². The highest BCUT2D eigenvalue weighted by Gasteiger charge is 2.35. The molecule has 0 aliphatic carbocycles. The Hall–Kier alpha value is -1.44. The molecule has 3 atom stereocenters. The number of rotatable bonds is 5. The number of carbonyl (C=O) groups is 1. The van der Waals surface area contributed by atoms with E-state index in [1.165, 1.54) is 6.92 Å². The average Bonchev–Trinajstić information content (AvgIpc) is 2.94. The number of aromatic nitrogens is 2. The molecule has 0 aromatic carbocycles. The molecule has 7 heteroatoms. The Kier molecular flexibility index (Phi) is 4.29. The smallest absolute Gasteiger partial charge is 0.216 e. The molecule has 100 valence electrons. The molecule has 2 heterocycles. The van der Waals surface area contributed by atoms with Gasteiger partial charge in [-0.25, -0.2) is 4.98 Å². The van der Waals surface area contributed by atoms with Gasteiger partial charge in [0.2, 0.25) is 5.91 Å². The Balaban J connectivity index is 1.76. The maximum Gasteiger partial charge on any atom is 0.216 e. The Morgan fingerprint density at radius 2 is 2.56 bits per heavy atom. The van der Waals surface area contributed by atoms with Gasteiger partial charge in [-0.05, 0) is 0 Å².